The minimum absolute atomic E-state index is 0.0411. The predicted octanol–water partition coefficient (Wildman–Crippen LogP) is 2.19. The van der Waals surface area contributed by atoms with Crippen LogP contribution in [0, 0.1) is 0 Å². The van der Waals surface area contributed by atoms with Gasteiger partial charge in [-0.2, -0.15) is 11.8 Å². The maximum absolute atomic E-state index is 6.16. The van der Waals surface area contributed by atoms with Crippen molar-refractivity contribution in [3.05, 3.63) is 0 Å². The first-order valence-corrected chi connectivity index (χ1v) is 6.84. The molecule has 0 aromatic heterocycles. The molecule has 0 aromatic rings. The van der Waals surface area contributed by atoms with Crippen LogP contribution < -0.4 is 5.73 Å². The van der Waals surface area contributed by atoms with E-state index in [1.807, 2.05) is 11.8 Å². The maximum atomic E-state index is 6.16. The summed E-state index contributed by atoms with van der Waals surface area (Å²) in [5.74, 6) is 1.20. The fourth-order valence-electron chi connectivity index (χ4n) is 1.56. The molecule has 3 heteroatoms. The summed E-state index contributed by atoms with van der Waals surface area (Å²) in [6, 6.07) is 0.666. The van der Waals surface area contributed by atoms with E-state index < -0.39 is 0 Å². The third-order valence-corrected chi connectivity index (χ3v) is 3.59. The third kappa shape index (κ3) is 5.23. The van der Waals surface area contributed by atoms with Crippen molar-refractivity contribution in [1.82, 2.24) is 4.90 Å². The summed E-state index contributed by atoms with van der Waals surface area (Å²) in [6.45, 7) is 7.53. The summed E-state index contributed by atoms with van der Waals surface area (Å²) >= 11 is 1.91. The second kappa shape index (κ2) is 6.70. The summed E-state index contributed by atoms with van der Waals surface area (Å²) < 4.78 is 0. The number of nitrogens with two attached hydrogens (primary N) is 1. The molecule has 0 radical (unpaired) electrons. The van der Waals surface area contributed by atoms with Gasteiger partial charge in [0.1, 0.15) is 0 Å². The van der Waals surface area contributed by atoms with Crippen LogP contribution in [0.4, 0.5) is 0 Å². The van der Waals surface area contributed by atoms with Gasteiger partial charge in [0.25, 0.3) is 0 Å². The highest BCUT2D eigenvalue weighted by molar-refractivity contribution is 7.98. The average molecular weight is 218 g/mol. The topological polar surface area (TPSA) is 29.3 Å². The molecule has 2 unspecified atom stereocenters. The zero-order chi connectivity index (χ0) is 11.2. The van der Waals surface area contributed by atoms with Crippen LogP contribution in [0.25, 0.3) is 0 Å². The molecule has 0 bridgehead atoms. The standard InChI is InChI=1S/C11H26N2S/c1-6-10(8-14-5)13(4)9-11(3,12)7-2/h10H,6-9,12H2,1-5H3. The first-order chi connectivity index (χ1) is 6.46. The Kier molecular flexibility index (Phi) is 6.83. The lowest BCUT2D eigenvalue weighted by molar-refractivity contribution is 0.201. The Morgan fingerprint density at radius 1 is 1.43 bits per heavy atom. The predicted molar refractivity (Wildman–Crippen MR) is 68.0 cm³/mol. The number of nitrogens with zero attached hydrogens (tertiary/aromatic N) is 1. The highest BCUT2D eigenvalue weighted by atomic mass is 32.2. The van der Waals surface area contributed by atoms with E-state index in [0.29, 0.717) is 6.04 Å². The molecular weight excluding hydrogens is 192 g/mol. The summed E-state index contributed by atoms with van der Waals surface area (Å²) in [6.07, 6.45) is 4.40. The van der Waals surface area contributed by atoms with Gasteiger partial charge in [-0.15, -0.1) is 0 Å². The van der Waals surface area contributed by atoms with E-state index in [2.05, 4.69) is 39.0 Å². The second-order valence-corrected chi connectivity index (χ2v) is 5.35. The molecule has 0 fully saturated rings. The molecule has 14 heavy (non-hydrogen) atoms. The van der Waals surface area contributed by atoms with Gasteiger partial charge in [-0.1, -0.05) is 13.8 Å². The van der Waals surface area contributed by atoms with Crippen molar-refractivity contribution >= 4 is 11.8 Å². The quantitative estimate of drug-likeness (QED) is 0.710. The first kappa shape index (κ1) is 14.3. The van der Waals surface area contributed by atoms with Gasteiger partial charge < -0.3 is 10.6 Å². The van der Waals surface area contributed by atoms with Gasteiger partial charge in [0.2, 0.25) is 0 Å². The lowest BCUT2D eigenvalue weighted by Gasteiger charge is -2.34. The van der Waals surface area contributed by atoms with E-state index in [1.165, 1.54) is 12.2 Å². The van der Waals surface area contributed by atoms with Crippen molar-refractivity contribution < 1.29 is 0 Å². The fraction of sp³-hybridized carbons (Fsp3) is 1.00. The van der Waals surface area contributed by atoms with Crippen LogP contribution in [0.3, 0.4) is 0 Å². The number of rotatable bonds is 7. The van der Waals surface area contributed by atoms with E-state index in [0.717, 1.165) is 13.0 Å². The van der Waals surface area contributed by atoms with Gasteiger partial charge >= 0.3 is 0 Å². The molecule has 0 rings (SSSR count). The van der Waals surface area contributed by atoms with Crippen molar-refractivity contribution in [3.8, 4) is 0 Å². The van der Waals surface area contributed by atoms with Gasteiger partial charge in [0.05, 0.1) is 0 Å². The lowest BCUT2D eigenvalue weighted by Crippen LogP contribution is -2.49. The molecule has 0 amide bonds. The van der Waals surface area contributed by atoms with Gasteiger partial charge in [0.15, 0.2) is 0 Å². The molecule has 0 aliphatic rings. The van der Waals surface area contributed by atoms with Crippen molar-refractivity contribution in [2.45, 2.75) is 45.2 Å². The second-order valence-electron chi connectivity index (χ2n) is 4.44. The minimum atomic E-state index is -0.0411. The minimum Gasteiger partial charge on any atom is -0.324 e. The highest BCUT2D eigenvalue weighted by Crippen LogP contribution is 2.13. The summed E-state index contributed by atoms with van der Waals surface area (Å²) in [4.78, 5) is 2.40. The molecule has 0 aliphatic carbocycles. The van der Waals surface area contributed by atoms with Crippen LogP contribution in [0.15, 0.2) is 0 Å². The molecule has 0 saturated heterocycles. The summed E-state index contributed by atoms with van der Waals surface area (Å²) in [5.41, 5.74) is 6.12. The summed E-state index contributed by atoms with van der Waals surface area (Å²) in [5, 5.41) is 0. The van der Waals surface area contributed by atoms with E-state index in [9.17, 15) is 0 Å². The number of likely N-dealkylation sites (N-methyl/N-ethyl adjacent to an activating group) is 1. The highest BCUT2D eigenvalue weighted by Gasteiger charge is 2.21. The SMILES string of the molecule is CCC(CSC)N(C)CC(C)(N)CC. The Morgan fingerprint density at radius 2 is 2.00 bits per heavy atom. The van der Waals surface area contributed by atoms with Crippen LogP contribution in [0.1, 0.15) is 33.6 Å². The number of thioether (sulfide) groups is 1. The molecule has 0 aliphatic heterocycles. The van der Waals surface area contributed by atoms with Crippen molar-refractivity contribution in [2.24, 2.45) is 5.73 Å². The van der Waals surface area contributed by atoms with Crippen molar-refractivity contribution in [2.75, 3.05) is 25.6 Å². The Morgan fingerprint density at radius 3 is 2.36 bits per heavy atom. The fourth-order valence-corrected chi connectivity index (χ4v) is 2.43. The van der Waals surface area contributed by atoms with Crippen LogP contribution in [0.5, 0.6) is 0 Å². The van der Waals surface area contributed by atoms with E-state index in [4.69, 9.17) is 5.73 Å². The molecule has 0 aromatic carbocycles. The summed E-state index contributed by atoms with van der Waals surface area (Å²) in [7, 11) is 2.19. The largest absolute Gasteiger partial charge is 0.324 e. The van der Waals surface area contributed by atoms with Crippen molar-refractivity contribution in [3.63, 3.8) is 0 Å². The van der Waals surface area contributed by atoms with Gasteiger partial charge in [-0.3, -0.25) is 0 Å². The van der Waals surface area contributed by atoms with Crippen LogP contribution in [-0.4, -0.2) is 42.1 Å². The number of hydrogen-bond donors (Lipinski definition) is 1. The van der Waals surface area contributed by atoms with Crippen LogP contribution in [0.2, 0.25) is 0 Å². The van der Waals surface area contributed by atoms with E-state index in [1.54, 1.807) is 0 Å². The third-order valence-electron chi connectivity index (χ3n) is 2.87. The molecule has 0 heterocycles. The first-order valence-electron chi connectivity index (χ1n) is 5.45. The molecule has 86 valence electrons. The van der Waals surface area contributed by atoms with Gasteiger partial charge in [-0.25, -0.2) is 0 Å². The molecule has 2 atom stereocenters. The smallest absolute Gasteiger partial charge is 0.0252 e. The van der Waals surface area contributed by atoms with Gasteiger partial charge in [-0.05, 0) is 33.1 Å². The molecular formula is C11H26N2S. The molecule has 2 N–H and O–H groups in total. The normalized spacial score (nSPS) is 18.2. The zero-order valence-corrected chi connectivity index (χ0v) is 11.2. The Labute approximate surface area is 93.6 Å². The molecule has 0 spiro atoms. The molecule has 0 saturated carbocycles. The molecule has 2 nitrogen and oxygen atoms in total. The number of hydrogen-bond acceptors (Lipinski definition) is 3. The lowest BCUT2D eigenvalue weighted by atomic mass is 9.99. The van der Waals surface area contributed by atoms with Crippen molar-refractivity contribution in [1.29, 1.82) is 0 Å². The maximum Gasteiger partial charge on any atom is 0.0252 e. The van der Waals surface area contributed by atoms with Crippen LogP contribution in [-0.2, 0) is 0 Å². The van der Waals surface area contributed by atoms with E-state index in [-0.39, 0.29) is 5.54 Å². The Balaban J connectivity index is 4.09. The Hall–Kier alpha value is 0.270. The van der Waals surface area contributed by atoms with Crippen LogP contribution >= 0.6 is 11.8 Å². The Bertz CT molecular complexity index is 148. The monoisotopic (exact) mass is 218 g/mol. The van der Waals surface area contributed by atoms with E-state index >= 15 is 0 Å². The zero-order valence-electron chi connectivity index (χ0n) is 10.3. The van der Waals surface area contributed by atoms with Gasteiger partial charge in [0, 0.05) is 23.9 Å². The average Bonchev–Trinajstić information content (AvgIpc) is 2.13.